The number of carbonyl (C=O) groups excluding carboxylic acids is 2. The minimum atomic E-state index is -0.841. The number of aliphatic hydroxyl groups is 2. The van der Waals surface area contributed by atoms with Crippen LogP contribution in [0.1, 0.15) is 483 Å². The molecule has 0 saturated carbocycles. The van der Waals surface area contributed by atoms with Gasteiger partial charge in [-0.05, 0) is 57.8 Å². The first kappa shape index (κ1) is 89.3. The molecular formula is C85H165NO5. The summed E-state index contributed by atoms with van der Waals surface area (Å²) >= 11 is 0. The Balaban J connectivity index is 3.31. The van der Waals surface area contributed by atoms with Gasteiger partial charge in [-0.25, -0.2) is 0 Å². The molecule has 0 aliphatic heterocycles. The summed E-state index contributed by atoms with van der Waals surface area (Å²) in [5.41, 5.74) is 0. The predicted molar refractivity (Wildman–Crippen MR) is 403 cm³/mol. The summed E-state index contributed by atoms with van der Waals surface area (Å²) in [5, 5.41) is 23.3. The van der Waals surface area contributed by atoms with Gasteiger partial charge in [-0.2, -0.15) is 0 Å². The van der Waals surface area contributed by atoms with Crippen LogP contribution in [0.5, 0.6) is 0 Å². The number of amides is 1. The Morgan fingerprint density at radius 3 is 0.780 bits per heavy atom. The van der Waals surface area contributed by atoms with Gasteiger partial charge >= 0.3 is 5.97 Å². The number of ether oxygens (including phenoxy) is 1. The Morgan fingerprint density at radius 1 is 0.297 bits per heavy atom. The average molecular weight is 1280 g/mol. The third-order valence-electron chi connectivity index (χ3n) is 20.0. The van der Waals surface area contributed by atoms with Crippen molar-refractivity contribution in [1.82, 2.24) is 5.32 Å². The summed E-state index contributed by atoms with van der Waals surface area (Å²) < 4.78 is 5.50. The van der Waals surface area contributed by atoms with Crippen LogP contribution in [0, 0.1) is 0 Å². The van der Waals surface area contributed by atoms with Crippen LogP contribution in [0.25, 0.3) is 0 Å². The molecule has 1 amide bonds. The molecule has 6 heteroatoms. The van der Waals surface area contributed by atoms with Crippen molar-refractivity contribution in [2.45, 2.75) is 495 Å². The van der Waals surface area contributed by atoms with Gasteiger partial charge in [-0.1, -0.05) is 436 Å². The summed E-state index contributed by atoms with van der Waals surface area (Å²) in [4.78, 5) is 24.6. The topological polar surface area (TPSA) is 95.9 Å². The lowest BCUT2D eigenvalue weighted by atomic mass is 10.0. The van der Waals surface area contributed by atoms with E-state index in [1.54, 1.807) is 6.08 Å². The van der Waals surface area contributed by atoms with Gasteiger partial charge in [0.2, 0.25) is 5.91 Å². The van der Waals surface area contributed by atoms with Gasteiger partial charge in [-0.15, -0.1) is 0 Å². The molecule has 3 N–H and O–H groups in total. The zero-order chi connectivity index (χ0) is 65.6. The van der Waals surface area contributed by atoms with Crippen LogP contribution >= 0.6 is 0 Å². The third kappa shape index (κ3) is 77.2. The summed E-state index contributed by atoms with van der Waals surface area (Å²) in [7, 11) is 0. The van der Waals surface area contributed by atoms with Crippen molar-refractivity contribution in [3.05, 3.63) is 24.3 Å². The maximum atomic E-state index is 12.6. The van der Waals surface area contributed by atoms with Gasteiger partial charge in [0.1, 0.15) is 0 Å². The highest BCUT2D eigenvalue weighted by molar-refractivity contribution is 5.76. The van der Waals surface area contributed by atoms with Crippen molar-refractivity contribution in [2.24, 2.45) is 0 Å². The second-order valence-corrected chi connectivity index (χ2v) is 29.2. The fourth-order valence-corrected chi connectivity index (χ4v) is 13.6. The first-order valence-corrected chi connectivity index (χ1v) is 42.1. The van der Waals surface area contributed by atoms with Crippen molar-refractivity contribution in [3.63, 3.8) is 0 Å². The highest BCUT2D eigenvalue weighted by atomic mass is 16.5. The van der Waals surface area contributed by atoms with Crippen molar-refractivity contribution in [2.75, 3.05) is 13.2 Å². The number of hydrogen-bond donors (Lipinski definition) is 3. The summed E-state index contributed by atoms with van der Waals surface area (Å²) in [6.45, 7) is 4.95. The largest absolute Gasteiger partial charge is 0.466 e. The number of unbranched alkanes of at least 4 members (excludes halogenated alkanes) is 67. The number of esters is 1. The molecule has 540 valence electrons. The Labute approximate surface area is 571 Å². The van der Waals surface area contributed by atoms with Crippen molar-refractivity contribution >= 4 is 11.9 Å². The van der Waals surface area contributed by atoms with E-state index in [0.29, 0.717) is 19.4 Å². The third-order valence-corrected chi connectivity index (χ3v) is 20.0. The molecule has 0 radical (unpaired) electrons. The minimum absolute atomic E-state index is 0.0163. The van der Waals surface area contributed by atoms with Gasteiger partial charge in [0.15, 0.2) is 0 Å². The molecular weight excluding hydrogens is 1110 g/mol. The number of nitrogens with one attached hydrogen (secondary N) is 1. The highest BCUT2D eigenvalue weighted by Gasteiger charge is 2.18. The number of carbonyl (C=O) groups is 2. The van der Waals surface area contributed by atoms with Crippen LogP contribution in [0.2, 0.25) is 0 Å². The van der Waals surface area contributed by atoms with Crippen LogP contribution in [-0.4, -0.2) is 47.4 Å². The molecule has 0 aliphatic carbocycles. The molecule has 0 heterocycles. The van der Waals surface area contributed by atoms with Gasteiger partial charge in [0.25, 0.3) is 0 Å². The fourth-order valence-electron chi connectivity index (χ4n) is 13.6. The second-order valence-electron chi connectivity index (χ2n) is 29.2. The molecule has 0 fully saturated rings. The average Bonchev–Trinajstić information content (AvgIpc) is 3.66. The molecule has 0 saturated heterocycles. The molecule has 2 atom stereocenters. The van der Waals surface area contributed by atoms with Crippen LogP contribution in [-0.2, 0) is 14.3 Å². The molecule has 91 heavy (non-hydrogen) atoms. The zero-order valence-electron chi connectivity index (χ0n) is 62.1. The number of aliphatic hydroxyl groups excluding tert-OH is 2. The van der Waals surface area contributed by atoms with E-state index in [1.165, 1.54) is 411 Å². The Bertz CT molecular complexity index is 1430. The first-order valence-electron chi connectivity index (χ1n) is 42.1. The molecule has 0 aromatic carbocycles. The second kappa shape index (κ2) is 80.8. The van der Waals surface area contributed by atoms with E-state index in [0.717, 1.165) is 44.9 Å². The predicted octanol–water partition coefficient (Wildman–Crippen LogP) is 28.0. The lowest BCUT2D eigenvalue weighted by Gasteiger charge is -2.20. The minimum Gasteiger partial charge on any atom is -0.466 e. The van der Waals surface area contributed by atoms with Crippen LogP contribution in [0.3, 0.4) is 0 Å². The molecule has 6 nitrogen and oxygen atoms in total. The van der Waals surface area contributed by atoms with Gasteiger partial charge in [0, 0.05) is 12.8 Å². The summed E-state index contributed by atoms with van der Waals surface area (Å²) in [6, 6.07) is -0.624. The van der Waals surface area contributed by atoms with Gasteiger partial charge in [-0.3, -0.25) is 9.59 Å². The van der Waals surface area contributed by atoms with E-state index in [2.05, 4.69) is 31.3 Å². The molecule has 0 rings (SSSR count). The molecule has 0 aromatic rings. The Kier molecular flexibility index (Phi) is 79.3. The SMILES string of the molecule is CCCCCCC/C=C\CCCCCCCC(=O)OCCCCCCCCCCCCCCCCCCCCCCCCCCCCCCCCCCCCCCCCCC(=O)NC(CO)C(O)/C=C/CCCCCCCCCCCCCCCCCCCCC. The Hall–Kier alpha value is -1.66. The number of rotatable bonds is 80. The monoisotopic (exact) mass is 1280 g/mol. The quantitative estimate of drug-likeness (QED) is 0.0320. The molecule has 2 unspecified atom stereocenters. The number of hydrogen-bond acceptors (Lipinski definition) is 5. The smallest absolute Gasteiger partial charge is 0.305 e. The van der Waals surface area contributed by atoms with E-state index in [4.69, 9.17) is 4.74 Å². The van der Waals surface area contributed by atoms with Crippen molar-refractivity contribution < 1.29 is 24.5 Å². The maximum absolute atomic E-state index is 12.6. The molecule has 0 aromatic heterocycles. The van der Waals surface area contributed by atoms with Crippen LogP contribution < -0.4 is 5.32 Å². The summed E-state index contributed by atoms with van der Waals surface area (Å²) in [6.07, 6.45) is 105. The highest BCUT2D eigenvalue weighted by Crippen LogP contribution is 2.21. The van der Waals surface area contributed by atoms with E-state index in [9.17, 15) is 19.8 Å². The first-order chi connectivity index (χ1) is 45.0. The number of allylic oxidation sites excluding steroid dienone is 3. The van der Waals surface area contributed by atoms with E-state index >= 15 is 0 Å². The van der Waals surface area contributed by atoms with E-state index < -0.39 is 12.1 Å². The lowest BCUT2D eigenvalue weighted by Crippen LogP contribution is -2.45. The fraction of sp³-hybridized carbons (Fsp3) is 0.929. The summed E-state index contributed by atoms with van der Waals surface area (Å²) in [5.74, 6) is -0.0404. The van der Waals surface area contributed by atoms with E-state index in [-0.39, 0.29) is 18.5 Å². The van der Waals surface area contributed by atoms with Crippen molar-refractivity contribution in [3.8, 4) is 0 Å². The van der Waals surface area contributed by atoms with Crippen LogP contribution in [0.4, 0.5) is 0 Å². The van der Waals surface area contributed by atoms with Gasteiger partial charge in [0.05, 0.1) is 25.4 Å². The van der Waals surface area contributed by atoms with E-state index in [1.807, 2.05) is 6.08 Å². The molecule has 0 spiro atoms. The zero-order valence-corrected chi connectivity index (χ0v) is 62.1. The van der Waals surface area contributed by atoms with Crippen LogP contribution in [0.15, 0.2) is 24.3 Å². The molecule has 0 bridgehead atoms. The Morgan fingerprint density at radius 2 is 0.516 bits per heavy atom. The lowest BCUT2D eigenvalue weighted by molar-refractivity contribution is -0.143. The van der Waals surface area contributed by atoms with Crippen molar-refractivity contribution in [1.29, 1.82) is 0 Å². The maximum Gasteiger partial charge on any atom is 0.305 e. The van der Waals surface area contributed by atoms with Gasteiger partial charge < -0.3 is 20.3 Å². The molecule has 0 aliphatic rings. The normalized spacial score (nSPS) is 12.5. The standard InChI is InChI=1S/C85H165NO5/c1-3-5-7-9-11-13-15-17-19-20-21-41-44-47-50-53-57-61-65-69-73-77-83(88)82(81-87)86-84(89)78-74-70-66-62-58-54-51-48-45-42-39-37-35-33-31-29-27-25-23-22-24-26-28-30-32-34-36-38-40-43-46-49-52-56-60-64-68-72-76-80-91-85(90)79-75-71-67-63-59-55-18-16-14-12-10-8-6-4-2/h16,18,73,77,82-83,87-88H,3-15,17,19-72,74-76,78-81H2,1-2H3,(H,86,89)/b18-16-,77-73+.